The van der Waals surface area contributed by atoms with Gasteiger partial charge in [0.1, 0.15) is 5.82 Å². The van der Waals surface area contributed by atoms with Crippen molar-refractivity contribution >= 4 is 16.7 Å². The minimum absolute atomic E-state index is 0.0591. The fourth-order valence-electron chi connectivity index (χ4n) is 2.68. The first-order chi connectivity index (χ1) is 9.31. The summed E-state index contributed by atoms with van der Waals surface area (Å²) in [5, 5.41) is 14.4. The van der Waals surface area contributed by atoms with Gasteiger partial charge in [-0.15, -0.1) is 0 Å². The van der Waals surface area contributed by atoms with Crippen molar-refractivity contribution in [3.63, 3.8) is 0 Å². The molecular weight excluding hydrogens is 258 g/mol. The summed E-state index contributed by atoms with van der Waals surface area (Å²) in [5.41, 5.74) is 2.40. The topological polar surface area (TPSA) is 58.0 Å². The van der Waals surface area contributed by atoms with Crippen LogP contribution in [0.25, 0.3) is 0 Å². The van der Waals surface area contributed by atoms with E-state index < -0.39 is 0 Å². The number of benzene rings is 1. The van der Waals surface area contributed by atoms with Crippen molar-refractivity contribution in [2.24, 2.45) is 0 Å². The summed E-state index contributed by atoms with van der Waals surface area (Å²) in [6.45, 7) is 0. The lowest BCUT2D eigenvalue weighted by atomic mass is 10.1. The summed E-state index contributed by atoms with van der Waals surface area (Å²) in [7, 11) is 0. The lowest BCUT2D eigenvalue weighted by Gasteiger charge is -2.16. The summed E-state index contributed by atoms with van der Waals surface area (Å²) < 4.78 is 4.39. The number of hydrogen-bond acceptors (Lipinski definition) is 5. The molecule has 2 atom stereocenters. The zero-order valence-electron chi connectivity index (χ0n) is 10.4. The molecular formula is C14H15N3OS. The van der Waals surface area contributed by atoms with Gasteiger partial charge in [0.2, 0.25) is 5.13 Å². The van der Waals surface area contributed by atoms with Crippen LogP contribution in [0.2, 0.25) is 0 Å². The maximum absolute atomic E-state index is 10.2. The number of anilines is 1. The largest absolute Gasteiger partial charge is 0.390 e. The van der Waals surface area contributed by atoms with E-state index in [2.05, 4.69) is 26.8 Å². The number of rotatable bonds is 3. The van der Waals surface area contributed by atoms with E-state index in [1.165, 1.54) is 35.5 Å². The Morgan fingerprint density at radius 1 is 1.26 bits per heavy atom. The third kappa shape index (κ3) is 2.03. The molecule has 0 unspecified atom stereocenters. The van der Waals surface area contributed by atoms with Gasteiger partial charge in [-0.1, -0.05) is 24.3 Å². The van der Waals surface area contributed by atoms with Crippen LogP contribution in [-0.4, -0.2) is 20.6 Å². The first kappa shape index (κ1) is 11.4. The van der Waals surface area contributed by atoms with Crippen molar-refractivity contribution in [1.82, 2.24) is 9.36 Å². The zero-order chi connectivity index (χ0) is 12.8. The second-order valence-electron chi connectivity index (χ2n) is 5.32. The monoisotopic (exact) mass is 273 g/mol. The second kappa shape index (κ2) is 4.28. The van der Waals surface area contributed by atoms with Gasteiger partial charge in [-0.25, -0.2) is 4.98 Å². The third-order valence-electron chi connectivity index (χ3n) is 3.87. The van der Waals surface area contributed by atoms with E-state index in [9.17, 15) is 5.11 Å². The third-order valence-corrected chi connectivity index (χ3v) is 4.53. The summed E-state index contributed by atoms with van der Waals surface area (Å²) in [5.74, 6) is 1.54. The van der Waals surface area contributed by atoms with Gasteiger partial charge in [0, 0.05) is 23.9 Å². The highest BCUT2D eigenvalue weighted by molar-refractivity contribution is 7.09. The normalized spacial score (nSPS) is 25.3. The highest BCUT2D eigenvalue weighted by Crippen LogP contribution is 2.40. The molecule has 1 heterocycles. The molecule has 2 aromatic rings. The first-order valence-corrected chi connectivity index (χ1v) is 7.44. The van der Waals surface area contributed by atoms with Crippen molar-refractivity contribution < 1.29 is 5.11 Å². The molecule has 5 heteroatoms. The van der Waals surface area contributed by atoms with Gasteiger partial charge in [0.25, 0.3) is 0 Å². The molecule has 0 amide bonds. The molecule has 0 saturated heterocycles. The Morgan fingerprint density at radius 3 is 2.95 bits per heavy atom. The first-order valence-electron chi connectivity index (χ1n) is 6.67. The molecule has 2 N–H and O–H groups in total. The molecule has 1 aromatic carbocycles. The zero-order valence-corrected chi connectivity index (χ0v) is 11.2. The van der Waals surface area contributed by atoms with Crippen LogP contribution in [0, 0.1) is 0 Å². The molecule has 4 rings (SSSR count). The molecule has 98 valence electrons. The van der Waals surface area contributed by atoms with E-state index in [0.717, 1.165) is 11.0 Å². The maximum atomic E-state index is 10.2. The Labute approximate surface area is 115 Å². The number of nitrogens with one attached hydrogen (secondary N) is 1. The molecule has 0 spiro atoms. The molecule has 19 heavy (non-hydrogen) atoms. The smallest absolute Gasteiger partial charge is 0.203 e. The van der Waals surface area contributed by atoms with E-state index in [4.69, 9.17) is 0 Å². The Morgan fingerprint density at radius 2 is 2.11 bits per heavy atom. The van der Waals surface area contributed by atoms with Gasteiger partial charge >= 0.3 is 0 Å². The van der Waals surface area contributed by atoms with Crippen LogP contribution in [0.3, 0.4) is 0 Å². The average Bonchev–Trinajstić information content (AvgIpc) is 3.09. The highest BCUT2D eigenvalue weighted by Gasteiger charge is 2.32. The fraction of sp³-hybridized carbons (Fsp3) is 0.429. The Hall–Kier alpha value is -1.46. The molecule has 4 nitrogen and oxygen atoms in total. The number of aliphatic hydroxyl groups excluding tert-OH is 1. The predicted molar refractivity (Wildman–Crippen MR) is 74.4 cm³/mol. The molecule has 0 aliphatic heterocycles. The summed E-state index contributed by atoms with van der Waals surface area (Å²) >= 11 is 1.40. The van der Waals surface area contributed by atoms with Crippen LogP contribution in [0.4, 0.5) is 5.13 Å². The maximum Gasteiger partial charge on any atom is 0.203 e. The Bertz CT molecular complexity index is 608. The summed E-state index contributed by atoms with van der Waals surface area (Å²) in [4.78, 5) is 4.53. The minimum atomic E-state index is -0.384. The quantitative estimate of drug-likeness (QED) is 0.902. The van der Waals surface area contributed by atoms with Crippen LogP contribution in [-0.2, 0) is 6.42 Å². The highest BCUT2D eigenvalue weighted by atomic mass is 32.1. The molecule has 0 bridgehead atoms. The van der Waals surface area contributed by atoms with Gasteiger partial charge in [-0.2, -0.15) is 4.37 Å². The standard InChI is InChI=1S/C14H15N3OS/c18-11-7-9-3-1-2-4-10(9)12(11)15-14-16-13(17-19-14)8-5-6-8/h1-4,8,11-12,18H,5-7H2,(H,15,16,17)/t11-,12+/m0/s1. The van der Waals surface area contributed by atoms with Crippen molar-refractivity contribution in [3.05, 3.63) is 41.2 Å². The number of nitrogens with zero attached hydrogens (tertiary/aromatic N) is 2. The van der Waals surface area contributed by atoms with E-state index in [0.29, 0.717) is 12.3 Å². The molecule has 2 aliphatic rings. The van der Waals surface area contributed by atoms with Gasteiger partial charge in [-0.3, -0.25) is 0 Å². The van der Waals surface area contributed by atoms with E-state index in [1.54, 1.807) is 0 Å². The molecule has 0 radical (unpaired) electrons. The van der Waals surface area contributed by atoms with Gasteiger partial charge < -0.3 is 10.4 Å². The molecule has 1 aromatic heterocycles. The van der Waals surface area contributed by atoms with Gasteiger partial charge in [0.15, 0.2) is 0 Å². The number of fused-ring (bicyclic) bond motifs is 1. The van der Waals surface area contributed by atoms with Crippen molar-refractivity contribution in [3.8, 4) is 0 Å². The number of aromatic nitrogens is 2. The van der Waals surface area contributed by atoms with Crippen LogP contribution in [0.15, 0.2) is 24.3 Å². The van der Waals surface area contributed by atoms with Gasteiger partial charge in [-0.05, 0) is 24.0 Å². The average molecular weight is 273 g/mol. The van der Waals surface area contributed by atoms with Crippen molar-refractivity contribution in [1.29, 1.82) is 0 Å². The van der Waals surface area contributed by atoms with Crippen LogP contribution < -0.4 is 5.32 Å². The van der Waals surface area contributed by atoms with Gasteiger partial charge in [0.05, 0.1) is 12.1 Å². The lowest BCUT2D eigenvalue weighted by Crippen LogP contribution is -2.21. The Kier molecular flexibility index (Phi) is 2.56. The van der Waals surface area contributed by atoms with Crippen molar-refractivity contribution in [2.75, 3.05) is 5.32 Å². The SMILES string of the molecule is O[C@H]1Cc2ccccc2[C@H]1Nc1nc(C2CC2)ns1. The lowest BCUT2D eigenvalue weighted by molar-refractivity contribution is 0.166. The van der Waals surface area contributed by atoms with Crippen molar-refractivity contribution in [2.45, 2.75) is 37.3 Å². The van der Waals surface area contributed by atoms with E-state index in [-0.39, 0.29) is 12.1 Å². The second-order valence-corrected chi connectivity index (χ2v) is 6.08. The molecule has 1 saturated carbocycles. The number of aliphatic hydroxyl groups is 1. The van der Waals surface area contributed by atoms with Crippen LogP contribution in [0.1, 0.15) is 41.8 Å². The predicted octanol–water partition coefficient (Wildman–Crippen LogP) is 2.49. The summed E-state index contributed by atoms with van der Waals surface area (Å²) in [6.07, 6.45) is 2.75. The van der Waals surface area contributed by atoms with E-state index >= 15 is 0 Å². The molecule has 1 fully saturated rings. The van der Waals surface area contributed by atoms with E-state index in [1.807, 2.05) is 12.1 Å². The van der Waals surface area contributed by atoms with Crippen LogP contribution in [0.5, 0.6) is 0 Å². The van der Waals surface area contributed by atoms with Crippen LogP contribution >= 0.6 is 11.5 Å². The summed E-state index contributed by atoms with van der Waals surface area (Å²) in [6, 6.07) is 8.13. The Balaban J connectivity index is 1.58. The fourth-order valence-corrected chi connectivity index (χ4v) is 3.37. The minimum Gasteiger partial charge on any atom is -0.390 e. The number of hydrogen-bond donors (Lipinski definition) is 2. The molecule has 2 aliphatic carbocycles.